The Bertz CT molecular complexity index is 903. The van der Waals surface area contributed by atoms with Crippen LogP contribution in [0.5, 0.6) is 0 Å². The van der Waals surface area contributed by atoms with Gasteiger partial charge >= 0.3 is 0 Å². The molecular weight excluding hydrogens is 404 g/mol. The molecule has 1 aliphatic heterocycles. The molecule has 3 aromatic carbocycles. The predicted octanol–water partition coefficient (Wildman–Crippen LogP) is 4.75. The second-order valence-electron chi connectivity index (χ2n) is 7.79. The van der Waals surface area contributed by atoms with E-state index in [-0.39, 0.29) is 12.2 Å². The Hall–Kier alpha value is -2.54. The Morgan fingerprint density at radius 1 is 0.625 bits per heavy atom. The smallest absolute Gasteiger partial charge is 0.186 e. The Balaban J connectivity index is 1.49. The zero-order valence-corrected chi connectivity index (χ0v) is 18.3. The largest absolute Gasteiger partial charge is 0.368 e. The van der Waals surface area contributed by atoms with E-state index >= 15 is 0 Å². The fourth-order valence-corrected chi connectivity index (χ4v) is 3.78. The third-order valence-corrected chi connectivity index (χ3v) is 5.49. The molecule has 0 N–H and O–H groups in total. The van der Waals surface area contributed by atoms with Crippen LogP contribution in [0.25, 0.3) is 0 Å². The van der Waals surface area contributed by atoms with E-state index in [1.165, 1.54) is 0 Å². The number of hydrogen-bond acceptors (Lipinski definition) is 5. The van der Waals surface area contributed by atoms with Gasteiger partial charge in [0.1, 0.15) is 18.3 Å². The summed E-state index contributed by atoms with van der Waals surface area (Å²) < 4.78 is 30.5. The van der Waals surface area contributed by atoms with Crippen LogP contribution in [0.4, 0.5) is 0 Å². The van der Waals surface area contributed by atoms with Crippen LogP contribution in [0.1, 0.15) is 16.7 Å². The second kappa shape index (κ2) is 11.9. The summed E-state index contributed by atoms with van der Waals surface area (Å²) in [6.07, 6.45) is -1.60. The molecule has 0 spiro atoms. The van der Waals surface area contributed by atoms with Gasteiger partial charge in [-0.2, -0.15) is 0 Å². The lowest BCUT2D eigenvalue weighted by Gasteiger charge is -2.41. The molecule has 0 aliphatic carbocycles. The van der Waals surface area contributed by atoms with Gasteiger partial charge < -0.3 is 23.7 Å². The molecule has 3 aromatic rings. The highest BCUT2D eigenvalue weighted by atomic mass is 16.7. The fraction of sp³-hybridized carbons (Fsp3) is 0.333. The normalized spacial score (nSPS) is 23.2. The minimum Gasteiger partial charge on any atom is -0.368 e. The number of rotatable bonds is 10. The van der Waals surface area contributed by atoms with E-state index in [9.17, 15) is 0 Å². The molecule has 32 heavy (non-hydrogen) atoms. The first kappa shape index (κ1) is 22.6. The minimum atomic E-state index is -0.531. The van der Waals surface area contributed by atoms with Crippen LogP contribution in [0.3, 0.4) is 0 Å². The Morgan fingerprint density at radius 2 is 1.06 bits per heavy atom. The molecule has 4 atom stereocenters. The van der Waals surface area contributed by atoms with Crippen molar-refractivity contribution in [1.29, 1.82) is 0 Å². The summed E-state index contributed by atoms with van der Waals surface area (Å²) in [5.41, 5.74) is 3.28. The fourth-order valence-electron chi connectivity index (χ4n) is 3.78. The van der Waals surface area contributed by atoms with Crippen LogP contribution in [0.2, 0.25) is 0 Å². The molecule has 0 unspecified atom stereocenters. The molecule has 1 aliphatic rings. The lowest BCUT2D eigenvalue weighted by atomic mass is 10.0. The molecule has 0 saturated carbocycles. The zero-order chi connectivity index (χ0) is 22.0. The first-order valence-electron chi connectivity index (χ1n) is 10.9. The average Bonchev–Trinajstić information content (AvgIpc) is 2.87. The van der Waals surface area contributed by atoms with Crippen molar-refractivity contribution >= 4 is 0 Å². The molecule has 1 saturated heterocycles. The zero-order valence-electron chi connectivity index (χ0n) is 18.3. The highest BCUT2D eigenvalue weighted by Gasteiger charge is 2.43. The van der Waals surface area contributed by atoms with Crippen molar-refractivity contribution in [2.75, 3.05) is 13.7 Å². The van der Waals surface area contributed by atoms with Crippen molar-refractivity contribution in [2.24, 2.45) is 0 Å². The lowest BCUT2D eigenvalue weighted by Crippen LogP contribution is -2.56. The average molecular weight is 435 g/mol. The lowest BCUT2D eigenvalue weighted by molar-refractivity contribution is -0.293. The third kappa shape index (κ3) is 6.25. The van der Waals surface area contributed by atoms with Crippen LogP contribution in [0.15, 0.2) is 91.0 Å². The first-order chi connectivity index (χ1) is 15.8. The highest BCUT2D eigenvalue weighted by molar-refractivity contribution is 5.15. The summed E-state index contributed by atoms with van der Waals surface area (Å²) in [6, 6.07) is 30.3. The number of benzene rings is 3. The molecule has 1 fully saturated rings. The predicted molar refractivity (Wildman–Crippen MR) is 122 cm³/mol. The quantitative estimate of drug-likeness (QED) is 0.461. The monoisotopic (exact) mass is 434 g/mol. The first-order valence-corrected chi connectivity index (χ1v) is 10.9. The maximum Gasteiger partial charge on any atom is 0.186 e. The van der Waals surface area contributed by atoms with E-state index in [2.05, 4.69) is 0 Å². The maximum absolute atomic E-state index is 6.39. The maximum atomic E-state index is 6.39. The standard InChI is InChI=1S/C27H30O5/c1-28-27-26(31-19-23-15-9-4-10-16-23)25(30-18-22-13-7-3-8-14-22)24(20-32-27)29-17-21-11-5-2-6-12-21/h2-16,24-27H,17-20H2,1H3/t24-,25+,26+,27+/m0/s1. The molecule has 168 valence electrons. The van der Waals surface area contributed by atoms with Gasteiger partial charge in [0.15, 0.2) is 6.29 Å². The molecule has 5 heteroatoms. The molecular formula is C27H30O5. The van der Waals surface area contributed by atoms with Gasteiger partial charge in [0.25, 0.3) is 0 Å². The summed E-state index contributed by atoms with van der Waals surface area (Å²) in [5, 5.41) is 0. The minimum absolute atomic E-state index is 0.286. The van der Waals surface area contributed by atoms with E-state index in [1.54, 1.807) is 7.11 Å². The van der Waals surface area contributed by atoms with Gasteiger partial charge in [-0.15, -0.1) is 0 Å². The van der Waals surface area contributed by atoms with E-state index in [4.69, 9.17) is 23.7 Å². The Labute approximate surface area is 189 Å². The van der Waals surface area contributed by atoms with Gasteiger partial charge in [-0.25, -0.2) is 0 Å². The van der Waals surface area contributed by atoms with Gasteiger partial charge in [0.05, 0.1) is 26.4 Å². The molecule has 5 nitrogen and oxygen atoms in total. The van der Waals surface area contributed by atoms with Gasteiger partial charge in [0, 0.05) is 7.11 Å². The summed E-state index contributed by atoms with van der Waals surface area (Å²) in [7, 11) is 1.63. The van der Waals surface area contributed by atoms with Crippen LogP contribution in [0, 0.1) is 0 Å². The highest BCUT2D eigenvalue weighted by Crippen LogP contribution is 2.27. The topological polar surface area (TPSA) is 46.2 Å². The third-order valence-electron chi connectivity index (χ3n) is 5.49. The number of methoxy groups -OCH3 is 1. The summed E-state index contributed by atoms with van der Waals surface area (Å²) in [5.74, 6) is 0. The molecule has 1 heterocycles. The van der Waals surface area contributed by atoms with Crippen molar-refractivity contribution in [2.45, 2.75) is 44.4 Å². The molecule has 0 amide bonds. The van der Waals surface area contributed by atoms with E-state index in [0.717, 1.165) is 16.7 Å². The van der Waals surface area contributed by atoms with E-state index in [1.807, 2.05) is 91.0 Å². The van der Waals surface area contributed by atoms with E-state index < -0.39 is 12.4 Å². The number of hydrogen-bond donors (Lipinski definition) is 0. The summed E-state index contributed by atoms with van der Waals surface area (Å²) in [4.78, 5) is 0. The second-order valence-corrected chi connectivity index (χ2v) is 7.79. The van der Waals surface area contributed by atoms with Gasteiger partial charge in [-0.1, -0.05) is 91.0 Å². The van der Waals surface area contributed by atoms with Crippen molar-refractivity contribution in [3.63, 3.8) is 0 Å². The van der Waals surface area contributed by atoms with Crippen LogP contribution >= 0.6 is 0 Å². The molecule has 0 bridgehead atoms. The van der Waals surface area contributed by atoms with Crippen LogP contribution < -0.4 is 0 Å². The summed E-state index contributed by atoms with van der Waals surface area (Å²) in [6.45, 7) is 1.74. The SMILES string of the molecule is CO[C@@H]1OC[C@H](OCc2ccccc2)[C@@H](OCc2ccccc2)[C@H]1OCc1ccccc1. The van der Waals surface area contributed by atoms with Crippen molar-refractivity contribution in [3.05, 3.63) is 108 Å². The summed E-state index contributed by atoms with van der Waals surface area (Å²) >= 11 is 0. The Kier molecular flexibility index (Phi) is 8.42. The van der Waals surface area contributed by atoms with Crippen molar-refractivity contribution < 1.29 is 23.7 Å². The van der Waals surface area contributed by atoms with Gasteiger partial charge in [0.2, 0.25) is 0 Å². The van der Waals surface area contributed by atoms with E-state index in [0.29, 0.717) is 26.4 Å². The molecule has 0 radical (unpaired) electrons. The molecule has 0 aromatic heterocycles. The van der Waals surface area contributed by atoms with Crippen molar-refractivity contribution in [3.8, 4) is 0 Å². The van der Waals surface area contributed by atoms with Gasteiger partial charge in [-0.05, 0) is 16.7 Å². The van der Waals surface area contributed by atoms with Crippen LogP contribution in [-0.4, -0.2) is 38.3 Å². The number of ether oxygens (including phenoxy) is 5. The van der Waals surface area contributed by atoms with Crippen LogP contribution in [-0.2, 0) is 43.5 Å². The molecule has 4 rings (SSSR count). The van der Waals surface area contributed by atoms with Gasteiger partial charge in [-0.3, -0.25) is 0 Å². The van der Waals surface area contributed by atoms with Crippen molar-refractivity contribution in [1.82, 2.24) is 0 Å². The Morgan fingerprint density at radius 3 is 1.53 bits per heavy atom.